The number of hydrogen-bond acceptors (Lipinski definition) is 7. The molecule has 0 aliphatic heterocycles. The normalized spacial score (nSPS) is 12.6. The first kappa shape index (κ1) is 24.9. The molecule has 0 fully saturated rings. The van der Waals surface area contributed by atoms with Crippen LogP contribution in [0.15, 0.2) is 18.2 Å². The van der Waals surface area contributed by atoms with Gasteiger partial charge in [-0.25, -0.2) is 9.59 Å². The lowest BCUT2D eigenvalue weighted by atomic mass is 9.78. The SMILES string of the molecule is CC(C)(C)OC(=O)NC(Cc1ccc(OCCOPI)c(B(O)O)c1)C(=O)O. The first-order valence-electron chi connectivity index (χ1n) is 8.35. The van der Waals surface area contributed by atoms with Crippen LogP contribution in [0.2, 0.25) is 0 Å². The third-order valence-electron chi connectivity index (χ3n) is 3.28. The fourth-order valence-corrected chi connectivity index (χ4v) is 3.00. The maximum Gasteiger partial charge on any atom is 0.492 e. The van der Waals surface area contributed by atoms with Crippen LogP contribution in [0.25, 0.3) is 0 Å². The number of carboxylic acid groups (broad SMARTS) is 1. The molecule has 1 amide bonds. The van der Waals surface area contributed by atoms with Crippen molar-refractivity contribution in [3.05, 3.63) is 23.8 Å². The van der Waals surface area contributed by atoms with Gasteiger partial charge < -0.3 is 34.5 Å². The van der Waals surface area contributed by atoms with Crippen LogP contribution >= 0.6 is 28.5 Å². The fourth-order valence-electron chi connectivity index (χ4n) is 2.18. The van der Waals surface area contributed by atoms with Crippen molar-refractivity contribution in [3.63, 3.8) is 0 Å². The van der Waals surface area contributed by atoms with Gasteiger partial charge >= 0.3 is 19.2 Å². The molecule has 0 saturated heterocycles. The van der Waals surface area contributed by atoms with E-state index in [2.05, 4.69) is 27.4 Å². The minimum Gasteiger partial charge on any atom is -0.492 e. The first-order valence-corrected chi connectivity index (χ1v) is 12.4. The van der Waals surface area contributed by atoms with Crippen LogP contribution in [0.3, 0.4) is 0 Å². The Balaban J connectivity index is 2.87. The van der Waals surface area contributed by atoms with Gasteiger partial charge in [-0.05, 0) is 54.4 Å². The number of nitrogens with one attached hydrogen (secondary N) is 1. The van der Waals surface area contributed by atoms with E-state index >= 15 is 0 Å². The van der Waals surface area contributed by atoms with Crippen molar-refractivity contribution in [1.82, 2.24) is 5.32 Å². The van der Waals surface area contributed by atoms with Crippen LogP contribution in [0.1, 0.15) is 26.3 Å². The van der Waals surface area contributed by atoms with Crippen molar-refractivity contribution >= 4 is 53.1 Å². The molecule has 156 valence electrons. The van der Waals surface area contributed by atoms with E-state index in [-0.39, 0.29) is 24.2 Å². The summed E-state index contributed by atoms with van der Waals surface area (Å²) in [5, 5.41) is 30.8. The first-order chi connectivity index (χ1) is 13.0. The van der Waals surface area contributed by atoms with Gasteiger partial charge in [0.1, 0.15) is 24.0 Å². The summed E-state index contributed by atoms with van der Waals surface area (Å²) in [6.07, 6.45) is -0.925. The molecular formula is C16H24BINO8P. The zero-order chi connectivity index (χ0) is 21.3. The molecule has 1 rings (SSSR count). The van der Waals surface area contributed by atoms with E-state index < -0.39 is 30.8 Å². The van der Waals surface area contributed by atoms with Crippen molar-refractivity contribution in [2.24, 2.45) is 0 Å². The number of carbonyl (C=O) groups is 2. The summed E-state index contributed by atoms with van der Waals surface area (Å²) < 4.78 is 15.7. The molecule has 0 saturated carbocycles. The third-order valence-corrected chi connectivity index (χ3v) is 4.53. The number of amides is 1. The van der Waals surface area contributed by atoms with Crippen LogP contribution in [0, 0.1) is 0 Å². The van der Waals surface area contributed by atoms with Crippen molar-refractivity contribution < 1.29 is 38.7 Å². The van der Waals surface area contributed by atoms with Crippen LogP contribution in [-0.2, 0) is 20.5 Å². The number of hydrogen-bond donors (Lipinski definition) is 4. The number of benzene rings is 1. The fraction of sp³-hybridized carbons (Fsp3) is 0.500. The van der Waals surface area contributed by atoms with Crippen LogP contribution in [0.5, 0.6) is 5.75 Å². The summed E-state index contributed by atoms with van der Waals surface area (Å²) in [5.74, 6) is -0.986. The molecule has 2 unspecified atom stereocenters. The third kappa shape index (κ3) is 9.38. The van der Waals surface area contributed by atoms with E-state index in [1.54, 1.807) is 26.8 Å². The average molecular weight is 527 g/mol. The molecule has 0 bridgehead atoms. The van der Waals surface area contributed by atoms with Gasteiger partial charge in [-0.1, -0.05) is 12.1 Å². The van der Waals surface area contributed by atoms with E-state index in [1.165, 1.54) is 12.1 Å². The monoisotopic (exact) mass is 527 g/mol. The van der Waals surface area contributed by atoms with Crippen LogP contribution in [0.4, 0.5) is 4.79 Å². The maximum atomic E-state index is 11.9. The van der Waals surface area contributed by atoms with Crippen molar-refractivity contribution in [2.45, 2.75) is 38.8 Å². The lowest BCUT2D eigenvalue weighted by Gasteiger charge is -2.22. The van der Waals surface area contributed by atoms with Crippen LogP contribution in [-0.4, -0.2) is 59.2 Å². The molecule has 1 aromatic rings. The van der Waals surface area contributed by atoms with Gasteiger partial charge in [0.15, 0.2) is 0 Å². The topological polar surface area (TPSA) is 135 Å². The largest absolute Gasteiger partial charge is 0.492 e. The number of ether oxygens (including phenoxy) is 2. The Bertz CT molecular complexity index is 671. The number of rotatable bonds is 10. The molecule has 4 N–H and O–H groups in total. The van der Waals surface area contributed by atoms with Gasteiger partial charge in [0.25, 0.3) is 0 Å². The Morgan fingerprint density at radius 2 is 1.96 bits per heavy atom. The minimum absolute atomic E-state index is 0.0758. The predicted molar refractivity (Wildman–Crippen MR) is 115 cm³/mol. The number of carbonyl (C=O) groups excluding carboxylic acids is 1. The summed E-state index contributed by atoms with van der Waals surface area (Å²) in [6.45, 7) is 5.88. The quantitative estimate of drug-likeness (QED) is 0.155. The molecule has 0 heterocycles. The Kier molecular flexibility index (Phi) is 10.5. The van der Waals surface area contributed by atoms with Gasteiger partial charge in [-0.3, -0.25) is 0 Å². The highest BCUT2D eigenvalue weighted by molar-refractivity contribution is 14.2. The summed E-state index contributed by atoms with van der Waals surface area (Å²) in [6, 6.07) is 3.29. The van der Waals surface area contributed by atoms with Crippen LogP contribution < -0.4 is 15.5 Å². The molecule has 2 atom stereocenters. The molecule has 9 nitrogen and oxygen atoms in total. The van der Waals surface area contributed by atoms with Gasteiger partial charge in [0.05, 0.1) is 13.1 Å². The lowest BCUT2D eigenvalue weighted by molar-refractivity contribution is -0.139. The summed E-state index contributed by atoms with van der Waals surface area (Å²) in [4.78, 5) is 23.3. The van der Waals surface area contributed by atoms with Crippen molar-refractivity contribution in [2.75, 3.05) is 13.2 Å². The standard InChI is InChI=1S/C16H24BINO8P/c1-16(2,3)27-15(22)19-12(14(20)21)9-10-4-5-13(11(8-10)17(23)24)25-6-7-26-28-18/h4-5,8,12,23-24,28H,6-7,9H2,1-3H3,(H,19,22)(H,20,21). The highest BCUT2D eigenvalue weighted by Crippen LogP contribution is 2.21. The van der Waals surface area contributed by atoms with Gasteiger partial charge in [-0.2, -0.15) is 0 Å². The molecule has 0 aliphatic rings. The van der Waals surface area contributed by atoms with E-state index in [1.807, 2.05) is 0 Å². The minimum atomic E-state index is -1.80. The molecule has 0 aromatic heterocycles. The second-order valence-corrected chi connectivity index (χ2v) is 8.53. The van der Waals surface area contributed by atoms with Crippen molar-refractivity contribution in [1.29, 1.82) is 0 Å². The van der Waals surface area contributed by atoms with Gasteiger partial charge in [-0.15, -0.1) is 0 Å². The van der Waals surface area contributed by atoms with Crippen molar-refractivity contribution in [3.8, 4) is 5.75 Å². The lowest BCUT2D eigenvalue weighted by Crippen LogP contribution is -2.44. The smallest absolute Gasteiger partial charge is 0.492 e. The number of alkyl carbamates (subject to hydrolysis) is 1. The zero-order valence-electron chi connectivity index (χ0n) is 15.8. The molecule has 0 radical (unpaired) electrons. The Morgan fingerprint density at radius 3 is 2.50 bits per heavy atom. The highest BCUT2D eigenvalue weighted by atomic mass is 127. The second-order valence-electron chi connectivity index (χ2n) is 6.76. The summed E-state index contributed by atoms with van der Waals surface area (Å²) >= 11 is 2.08. The Labute approximate surface area is 178 Å². The second kappa shape index (κ2) is 11.8. The van der Waals surface area contributed by atoms with Gasteiger partial charge in [0.2, 0.25) is 0 Å². The number of halogens is 1. The Hall–Kier alpha value is -1.14. The molecule has 12 heteroatoms. The van der Waals surface area contributed by atoms with E-state index in [9.17, 15) is 24.7 Å². The molecule has 0 spiro atoms. The summed E-state index contributed by atoms with van der Waals surface area (Å²) in [5.41, 5.74) is -0.193. The zero-order valence-corrected chi connectivity index (χ0v) is 18.9. The summed E-state index contributed by atoms with van der Waals surface area (Å²) in [7, 11) is -1.80. The van der Waals surface area contributed by atoms with E-state index in [4.69, 9.17) is 14.0 Å². The maximum absolute atomic E-state index is 11.9. The molecule has 0 aliphatic carbocycles. The van der Waals surface area contributed by atoms with E-state index in [0.717, 1.165) is 0 Å². The van der Waals surface area contributed by atoms with Gasteiger partial charge in [0, 0.05) is 11.9 Å². The highest BCUT2D eigenvalue weighted by Gasteiger charge is 2.25. The molecule has 28 heavy (non-hydrogen) atoms. The van der Waals surface area contributed by atoms with E-state index in [0.29, 0.717) is 18.6 Å². The predicted octanol–water partition coefficient (Wildman–Crippen LogP) is 1.23. The average Bonchev–Trinajstić information content (AvgIpc) is 2.57. The Morgan fingerprint density at radius 1 is 1.29 bits per heavy atom. The molecule has 1 aromatic carbocycles. The number of aliphatic carboxylic acids is 1. The molecular weight excluding hydrogens is 503 g/mol. The number of carboxylic acids is 1.